The number of hydrogen-bond acceptors (Lipinski definition) is 3. The summed E-state index contributed by atoms with van der Waals surface area (Å²) in [6.07, 6.45) is 0.797. The normalized spacial score (nSPS) is 26.8. The van der Waals surface area contributed by atoms with E-state index in [1.165, 1.54) is 16.0 Å². The van der Waals surface area contributed by atoms with Gasteiger partial charge in [-0.1, -0.05) is 70.0 Å². The predicted octanol–water partition coefficient (Wildman–Crippen LogP) is 5.04. The molecule has 3 heterocycles. The van der Waals surface area contributed by atoms with Crippen LogP contribution in [0, 0.1) is 18.8 Å². The van der Waals surface area contributed by atoms with E-state index in [4.69, 9.17) is 0 Å². The molecule has 0 aliphatic carbocycles. The van der Waals surface area contributed by atoms with Gasteiger partial charge in [0.1, 0.15) is 0 Å². The summed E-state index contributed by atoms with van der Waals surface area (Å²) in [4.78, 5) is 31.4. The highest BCUT2D eigenvalue weighted by Crippen LogP contribution is 2.53. The summed E-state index contributed by atoms with van der Waals surface area (Å²) < 4.78 is 1.01. The van der Waals surface area contributed by atoms with Crippen molar-refractivity contribution in [3.05, 3.63) is 99.5 Å². The lowest BCUT2D eigenvalue weighted by molar-refractivity contribution is -0.124. The van der Waals surface area contributed by atoms with Crippen molar-refractivity contribution in [1.29, 1.82) is 0 Å². The second-order valence-electron chi connectivity index (χ2n) is 9.11. The van der Waals surface area contributed by atoms with Gasteiger partial charge in [-0.3, -0.25) is 14.5 Å². The van der Waals surface area contributed by atoms with Gasteiger partial charge in [0.25, 0.3) is 0 Å². The molecule has 0 saturated carbocycles. The molecule has 2 saturated heterocycles. The maximum absolute atomic E-state index is 13.8. The molecule has 32 heavy (non-hydrogen) atoms. The van der Waals surface area contributed by atoms with Gasteiger partial charge in [0.05, 0.1) is 17.5 Å². The number of carbonyl (C=O) groups excluding carboxylic acids is 2. The third kappa shape index (κ3) is 2.91. The van der Waals surface area contributed by atoms with Crippen LogP contribution in [0.1, 0.15) is 28.3 Å². The van der Waals surface area contributed by atoms with Crippen LogP contribution in [-0.4, -0.2) is 22.8 Å². The minimum Gasteiger partial charge on any atom is -0.287 e. The van der Waals surface area contributed by atoms with Gasteiger partial charge in [-0.15, -0.1) is 0 Å². The molecule has 0 aromatic heterocycles. The first-order valence-electron chi connectivity index (χ1n) is 11.1. The lowest BCUT2D eigenvalue weighted by Crippen LogP contribution is -2.44. The number of nitrogens with zero attached hydrogens (tertiary/aromatic N) is 2. The Labute approximate surface area is 196 Å². The van der Waals surface area contributed by atoms with E-state index in [9.17, 15) is 9.59 Å². The number of fused-ring (bicyclic) bond motifs is 4. The summed E-state index contributed by atoms with van der Waals surface area (Å²) in [5.41, 5.74) is 5.46. The monoisotopic (exact) mass is 486 g/mol. The molecule has 6 rings (SSSR count). The first-order chi connectivity index (χ1) is 15.5. The molecule has 160 valence electrons. The Kier molecular flexibility index (Phi) is 4.60. The maximum atomic E-state index is 13.8. The Balaban J connectivity index is 1.47. The van der Waals surface area contributed by atoms with Crippen molar-refractivity contribution in [3.8, 4) is 0 Å². The van der Waals surface area contributed by atoms with Crippen molar-refractivity contribution in [1.82, 2.24) is 4.90 Å². The standard InChI is InChI=1S/C27H23BrN2O2/c1-16-6-12-21(13-7-16)30-26(31)23-22-14-18-4-2-3-5-19(18)15-29(22)25(24(23)27(30)32)17-8-10-20(28)11-9-17/h2-13,22-25H,14-15H2,1H3/t22-,23+,24-,25-/m1/s1. The van der Waals surface area contributed by atoms with Crippen molar-refractivity contribution >= 4 is 33.4 Å². The minimum absolute atomic E-state index is 0.0236. The van der Waals surface area contributed by atoms with Crippen LogP contribution in [0.4, 0.5) is 5.69 Å². The van der Waals surface area contributed by atoms with Crippen molar-refractivity contribution in [2.75, 3.05) is 4.90 Å². The smallest absolute Gasteiger partial charge is 0.239 e. The maximum Gasteiger partial charge on any atom is 0.239 e. The van der Waals surface area contributed by atoms with E-state index in [1.807, 2.05) is 43.3 Å². The molecule has 0 unspecified atom stereocenters. The zero-order valence-electron chi connectivity index (χ0n) is 17.7. The first-order valence-corrected chi connectivity index (χ1v) is 11.8. The first kappa shape index (κ1) is 19.9. The molecule has 3 aromatic carbocycles. The molecule has 0 bridgehead atoms. The number of aryl methyl sites for hydroxylation is 1. The number of halogens is 1. The molecular formula is C27H23BrN2O2. The Bertz CT molecular complexity index is 1220. The Morgan fingerprint density at radius 3 is 2.19 bits per heavy atom. The lowest BCUT2D eigenvalue weighted by Gasteiger charge is -2.38. The molecule has 0 radical (unpaired) electrons. The van der Waals surface area contributed by atoms with E-state index in [2.05, 4.69) is 57.2 Å². The number of benzene rings is 3. The number of imide groups is 1. The van der Waals surface area contributed by atoms with E-state index >= 15 is 0 Å². The predicted molar refractivity (Wildman–Crippen MR) is 127 cm³/mol. The van der Waals surface area contributed by atoms with Crippen molar-refractivity contribution in [2.24, 2.45) is 11.8 Å². The third-order valence-electron chi connectivity index (χ3n) is 7.34. The average molecular weight is 487 g/mol. The minimum atomic E-state index is -0.371. The third-order valence-corrected chi connectivity index (χ3v) is 7.87. The molecule has 5 heteroatoms. The van der Waals surface area contributed by atoms with Crippen molar-refractivity contribution < 1.29 is 9.59 Å². The topological polar surface area (TPSA) is 40.6 Å². The number of rotatable bonds is 2. The van der Waals surface area contributed by atoms with E-state index in [0.717, 1.165) is 28.6 Å². The van der Waals surface area contributed by atoms with Crippen molar-refractivity contribution in [2.45, 2.75) is 32.0 Å². The molecule has 3 aliphatic rings. The summed E-state index contributed by atoms with van der Waals surface area (Å²) >= 11 is 3.53. The fraction of sp³-hybridized carbons (Fsp3) is 0.259. The van der Waals surface area contributed by atoms with Crippen LogP contribution in [0.3, 0.4) is 0 Å². The van der Waals surface area contributed by atoms with Gasteiger partial charge in [0.2, 0.25) is 11.8 Å². The van der Waals surface area contributed by atoms with E-state index in [-0.39, 0.29) is 35.7 Å². The molecule has 3 aromatic rings. The van der Waals surface area contributed by atoms with E-state index in [0.29, 0.717) is 5.69 Å². The van der Waals surface area contributed by atoms with Crippen LogP contribution < -0.4 is 4.90 Å². The van der Waals surface area contributed by atoms with E-state index < -0.39 is 0 Å². The molecule has 3 aliphatic heterocycles. The van der Waals surface area contributed by atoms with Gasteiger partial charge in [-0.25, -0.2) is 4.90 Å². The van der Waals surface area contributed by atoms with Crippen LogP contribution in [0.15, 0.2) is 77.3 Å². The summed E-state index contributed by atoms with van der Waals surface area (Å²) in [6.45, 7) is 2.77. The summed E-state index contributed by atoms with van der Waals surface area (Å²) in [6, 6.07) is 24.3. The highest BCUT2D eigenvalue weighted by molar-refractivity contribution is 9.10. The van der Waals surface area contributed by atoms with Crippen LogP contribution >= 0.6 is 15.9 Å². The fourth-order valence-corrected chi connectivity index (χ4v) is 6.13. The molecule has 4 nitrogen and oxygen atoms in total. The molecular weight excluding hydrogens is 464 g/mol. The summed E-state index contributed by atoms with van der Waals surface area (Å²) in [7, 11) is 0. The number of anilines is 1. The summed E-state index contributed by atoms with van der Waals surface area (Å²) in [5, 5.41) is 0. The SMILES string of the molecule is Cc1ccc(N2C(=O)[C@@H]3[C@@H](C2=O)[C@@H](c2ccc(Br)cc2)N2Cc4ccccc4C[C@H]32)cc1. The molecule has 2 fully saturated rings. The van der Waals surface area contributed by atoms with Crippen molar-refractivity contribution in [3.63, 3.8) is 0 Å². The molecule has 0 spiro atoms. The van der Waals surface area contributed by atoms with Gasteiger partial charge < -0.3 is 0 Å². The van der Waals surface area contributed by atoms with Crippen LogP contribution in [0.25, 0.3) is 0 Å². The van der Waals surface area contributed by atoms with Gasteiger partial charge >= 0.3 is 0 Å². The van der Waals surface area contributed by atoms with Gasteiger partial charge in [0, 0.05) is 23.1 Å². The number of amides is 2. The summed E-state index contributed by atoms with van der Waals surface area (Å²) in [5.74, 6) is -0.830. The van der Waals surface area contributed by atoms with Gasteiger partial charge in [-0.2, -0.15) is 0 Å². The second-order valence-corrected chi connectivity index (χ2v) is 10.0. The highest BCUT2D eigenvalue weighted by atomic mass is 79.9. The number of carbonyl (C=O) groups is 2. The number of hydrogen-bond donors (Lipinski definition) is 0. The second kappa shape index (κ2) is 7.39. The molecule has 2 amide bonds. The molecule has 4 atom stereocenters. The fourth-order valence-electron chi connectivity index (χ4n) is 5.87. The van der Waals surface area contributed by atoms with Crippen LogP contribution in [0.5, 0.6) is 0 Å². The Morgan fingerprint density at radius 2 is 1.47 bits per heavy atom. The van der Waals surface area contributed by atoms with Crippen LogP contribution in [0.2, 0.25) is 0 Å². The van der Waals surface area contributed by atoms with Gasteiger partial charge in [-0.05, 0) is 54.3 Å². The Morgan fingerprint density at radius 1 is 0.812 bits per heavy atom. The zero-order valence-corrected chi connectivity index (χ0v) is 19.3. The lowest BCUT2D eigenvalue weighted by atomic mass is 9.84. The largest absolute Gasteiger partial charge is 0.287 e. The van der Waals surface area contributed by atoms with E-state index in [1.54, 1.807) is 0 Å². The van der Waals surface area contributed by atoms with Gasteiger partial charge in [0.15, 0.2) is 0 Å². The van der Waals surface area contributed by atoms with Crippen LogP contribution in [-0.2, 0) is 22.6 Å². The quantitative estimate of drug-likeness (QED) is 0.476. The average Bonchev–Trinajstić information content (AvgIpc) is 3.26. The molecule has 0 N–H and O–H groups in total. The highest BCUT2D eigenvalue weighted by Gasteiger charge is 2.63. The zero-order chi connectivity index (χ0) is 22.0. The Hall–Kier alpha value is -2.76.